The first-order chi connectivity index (χ1) is 9.80. The van der Waals surface area contributed by atoms with Crippen LogP contribution in [-0.2, 0) is 13.0 Å². The summed E-state index contributed by atoms with van der Waals surface area (Å²) >= 11 is 0. The molecule has 6 heteroatoms. The van der Waals surface area contributed by atoms with Gasteiger partial charge < -0.3 is 9.30 Å². The molecule has 0 spiro atoms. The minimum atomic E-state index is -0.0864. The van der Waals surface area contributed by atoms with Crippen molar-refractivity contribution in [2.24, 2.45) is 5.84 Å². The van der Waals surface area contributed by atoms with Crippen LogP contribution in [0.5, 0.6) is 5.88 Å². The Morgan fingerprint density at radius 3 is 2.95 bits per heavy atom. The minimum absolute atomic E-state index is 0.0864. The number of methoxy groups -OCH3 is 1. The number of aryl methyl sites for hydroxylation is 1. The monoisotopic (exact) mass is 275 g/mol. The van der Waals surface area contributed by atoms with Crippen molar-refractivity contribution < 1.29 is 4.74 Å². The lowest BCUT2D eigenvalue weighted by molar-refractivity contribution is 0.381. The lowest BCUT2D eigenvalue weighted by Gasteiger charge is -2.18. The Labute approximate surface area is 119 Å². The van der Waals surface area contributed by atoms with Crippen LogP contribution in [0.2, 0.25) is 0 Å². The highest BCUT2D eigenvalue weighted by molar-refractivity contribution is 5.29. The first-order valence-electron chi connectivity index (χ1n) is 6.75. The molecule has 3 N–H and O–H groups in total. The van der Waals surface area contributed by atoms with Crippen molar-refractivity contribution >= 4 is 0 Å². The van der Waals surface area contributed by atoms with Crippen LogP contribution in [0.4, 0.5) is 0 Å². The van der Waals surface area contributed by atoms with Crippen molar-refractivity contribution in [3.63, 3.8) is 0 Å². The predicted octanol–water partition coefficient (Wildman–Crippen LogP) is 1.44. The molecule has 1 unspecified atom stereocenters. The fraction of sp³-hybridized carbons (Fsp3) is 0.429. The van der Waals surface area contributed by atoms with Crippen LogP contribution >= 0.6 is 0 Å². The summed E-state index contributed by atoms with van der Waals surface area (Å²) in [4.78, 5) is 8.62. The van der Waals surface area contributed by atoms with E-state index in [9.17, 15) is 0 Å². The van der Waals surface area contributed by atoms with Crippen molar-refractivity contribution in [1.29, 1.82) is 0 Å². The number of imidazole rings is 1. The predicted molar refractivity (Wildman–Crippen MR) is 77.1 cm³/mol. The maximum Gasteiger partial charge on any atom is 0.217 e. The molecule has 0 aromatic carbocycles. The van der Waals surface area contributed by atoms with Gasteiger partial charge in [-0.1, -0.05) is 13.0 Å². The SMILES string of the molecule is CCCn1ccnc1CC(NN)c1cccnc1OC. The quantitative estimate of drug-likeness (QED) is 0.590. The third kappa shape index (κ3) is 3.15. The number of nitrogens with one attached hydrogen (secondary N) is 1. The van der Waals surface area contributed by atoms with Crippen LogP contribution in [0.1, 0.15) is 30.8 Å². The second-order valence-electron chi connectivity index (χ2n) is 4.56. The van der Waals surface area contributed by atoms with Crippen molar-refractivity contribution in [3.8, 4) is 5.88 Å². The summed E-state index contributed by atoms with van der Waals surface area (Å²) < 4.78 is 7.44. The van der Waals surface area contributed by atoms with Gasteiger partial charge in [0.05, 0.1) is 13.2 Å². The molecule has 0 bridgehead atoms. The second-order valence-corrected chi connectivity index (χ2v) is 4.56. The van der Waals surface area contributed by atoms with E-state index in [1.807, 2.05) is 24.5 Å². The number of hydrogen-bond donors (Lipinski definition) is 2. The number of ether oxygens (including phenoxy) is 1. The molecule has 0 fully saturated rings. The molecule has 108 valence electrons. The normalized spacial score (nSPS) is 12.3. The number of hydrazine groups is 1. The molecular weight excluding hydrogens is 254 g/mol. The van der Waals surface area contributed by atoms with E-state index in [0.29, 0.717) is 12.3 Å². The van der Waals surface area contributed by atoms with E-state index >= 15 is 0 Å². The Bertz CT molecular complexity index is 540. The Morgan fingerprint density at radius 2 is 2.25 bits per heavy atom. The molecule has 0 saturated carbocycles. The highest BCUT2D eigenvalue weighted by Crippen LogP contribution is 2.24. The first kappa shape index (κ1) is 14.5. The molecule has 2 heterocycles. The van der Waals surface area contributed by atoms with Crippen LogP contribution < -0.4 is 16.0 Å². The third-order valence-corrected chi connectivity index (χ3v) is 3.22. The van der Waals surface area contributed by atoms with Crippen LogP contribution in [0, 0.1) is 0 Å². The zero-order valence-electron chi connectivity index (χ0n) is 11.9. The molecule has 0 radical (unpaired) electrons. The number of rotatable bonds is 7. The Hall–Kier alpha value is -1.92. The molecule has 2 aromatic rings. The molecule has 20 heavy (non-hydrogen) atoms. The summed E-state index contributed by atoms with van der Waals surface area (Å²) in [5.74, 6) is 7.29. The summed E-state index contributed by atoms with van der Waals surface area (Å²) in [6.07, 6.45) is 7.27. The number of pyridine rings is 1. The van der Waals surface area contributed by atoms with Gasteiger partial charge in [0.2, 0.25) is 5.88 Å². The van der Waals surface area contributed by atoms with Crippen molar-refractivity contribution in [3.05, 3.63) is 42.1 Å². The summed E-state index contributed by atoms with van der Waals surface area (Å²) in [5.41, 5.74) is 3.76. The van der Waals surface area contributed by atoms with Crippen LogP contribution in [0.3, 0.4) is 0 Å². The van der Waals surface area contributed by atoms with Crippen molar-refractivity contribution in [2.45, 2.75) is 32.4 Å². The van der Waals surface area contributed by atoms with E-state index in [0.717, 1.165) is 24.4 Å². The lowest BCUT2D eigenvalue weighted by atomic mass is 10.1. The summed E-state index contributed by atoms with van der Waals surface area (Å²) in [5, 5.41) is 0. The van der Waals surface area contributed by atoms with Gasteiger partial charge in [0.15, 0.2) is 0 Å². The van der Waals surface area contributed by atoms with Crippen molar-refractivity contribution in [1.82, 2.24) is 20.0 Å². The topological polar surface area (TPSA) is 78.0 Å². The van der Waals surface area contributed by atoms with E-state index in [2.05, 4.69) is 26.9 Å². The van der Waals surface area contributed by atoms with Crippen molar-refractivity contribution in [2.75, 3.05) is 7.11 Å². The molecule has 0 aliphatic rings. The van der Waals surface area contributed by atoms with Crippen LogP contribution in [0.25, 0.3) is 0 Å². The van der Waals surface area contributed by atoms with E-state index in [-0.39, 0.29) is 6.04 Å². The molecular formula is C14H21N5O. The van der Waals surface area contributed by atoms with Crippen LogP contribution in [0.15, 0.2) is 30.7 Å². The van der Waals surface area contributed by atoms with Gasteiger partial charge in [0.25, 0.3) is 0 Å². The second kappa shape index (κ2) is 7.02. The molecule has 0 amide bonds. The smallest absolute Gasteiger partial charge is 0.217 e. The van der Waals surface area contributed by atoms with Gasteiger partial charge in [-0.25, -0.2) is 9.97 Å². The Kier molecular flexibility index (Phi) is 5.09. The molecule has 1 atom stereocenters. The lowest BCUT2D eigenvalue weighted by Crippen LogP contribution is -2.31. The van der Waals surface area contributed by atoms with E-state index < -0.39 is 0 Å². The number of nitrogens with zero attached hydrogens (tertiary/aromatic N) is 3. The fourth-order valence-electron chi connectivity index (χ4n) is 2.25. The minimum Gasteiger partial charge on any atom is -0.481 e. The molecule has 0 aliphatic heterocycles. The van der Waals surface area contributed by atoms with E-state index in [4.69, 9.17) is 10.6 Å². The molecule has 6 nitrogen and oxygen atoms in total. The van der Waals surface area contributed by atoms with Crippen LogP contribution in [-0.4, -0.2) is 21.6 Å². The highest BCUT2D eigenvalue weighted by Gasteiger charge is 2.18. The fourth-order valence-corrected chi connectivity index (χ4v) is 2.25. The summed E-state index contributed by atoms with van der Waals surface area (Å²) in [6.45, 7) is 3.10. The van der Waals surface area contributed by atoms with Gasteiger partial charge in [-0.05, 0) is 12.5 Å². The maximum atomic E-state index is 5.70. The molecule has 0 aliphatic carbocycles. The molecule has 2 rings (SSSR count). The standard InChI is InChI=1S/C14H21N5O/c1-3-8-19-9-7-16-13(19)10-12(18-15)11-5-4-6-17-14(11)20-2/h4-7,9,12,18H,3,8,10,15H2,1-2H3. The molecule has 0 saturated heterocycles. The third-order valence-electron chi connectivity index (χ3n) is 3.22. The largest absolute Gasteiger partial charge is 0.481 e. The van der Waals surface area contributed by atoms with Gasteiger partial charge in [-0.15, -0.1) is 0 Å². The summed E-state index contributed by atoms with van der Waals surface area (Å²) in [7, 11) is 1.61. The molecule has 2 aromatic heterocycles. The Morgan fingerprint density at radius 1 is 1.40 bits per heavy atom. The van der Waals surface area contributed by atoms with Gasteiger partial charge in [-0.2, -0.15) is 0 Å². The van der Waals surface area contributed by atoms with E-state index in [1.165, 1.54) is 0 Å². The number of aromatic nitrogens is 3. The maximum absolute atomic E-state index is 5.70. The zero-order chi connectivity index (χ0) is 14.4. The van der Waals surface area contributed by atoms with Gasteiger partial charge in [0, 0.05) is 37.1 Å². The average Bonchev–Trinajstić information content (AvgIpc) is 2.92. The van der Waals surface area contributed by atoms with E-state index in [1.54, 1.807) is 13.3 Å². The summed E-state index contributed by atoms with van der Waals surface area (Å²) in [6, 6.07) is 3.75. The first-order valence-corrected chi connectivity index (χ1v) is 6.75. The highest BCUT2D eigenvalue weighted by atomic mass is 16.5. The van der Waals surface area contributed by atoms with Gasteiger partial charge in [0.1, 0.15) is 5.82 Å². The Balaban J connectivity index is 2.22. The van der Waals surface area contributed by atoms with Gasteiger partial charge >= 0.3 is 0 Å². The number of hydrogen-bond acceptors (Lipinski definition) is 5. The zero-order valence-corrected chi connectivity index (χ0v) is 11.9. The average molecular weight is 275 g/mol. The number of nitrogens with two attached hydrogens (primary N) is 1. The van der Waals surface area contributed by atoms with Gasteiger partial charge in [-0.3, -0.25) is 11.3 Å².